The van der Waals surface area contributed by atoms with Crippen molar-refractivity contribution in [2.24, 2.45) is 0 Å². The van der Waals surface area contributed by atoms with E-state index in [1.54, 1.807) is 4.90 Å². The molecule has 1 unspecified atom stereocenters. The molecular weight excluding hydrogens is 478 g/mol. The van der Waals surface area contributed by atoms with Gasteiger partial charge in [0.2, 0.25) is 11.8 Å². The van der Waals surface area contributed by atoms with Crippen LogP contribution in [0.25, 0.3) is 10.8 Å². The number of rotatable bonds is 4. The monoisotopic (exact) mass is 503 g/mol. The van der Waals surface area contributed by atoms with Gasteiger partial charge in [0.05, 0.1) is 17.9 Å². The first-order chi connectivity index (χ1) is 17.5. The predicted molar refractivity (Wildman–Crippen MR) is 135 cm³/mol. The van der Waals surface area contributed by atoms with E-state index in [2.05, 4.69) is 28.3 Å². The molecule has 3 aromatic rings. The molecule has 4 aliphatic rings. The maximum atomic E-state index is 13.5. The van der Waals surface area contributed by atoms with Crippen LogP contribution in [0.4, 0.5) is 5.69 Å². The second-order valence-electron chi connectivity index (χ2n) is 10.4. The lowest BCUT2D eigenvalue weighted by molar-refractivity contribution is -0.134. The lowest BCUT2D eigenvalue weighted by atomic mass is 9.85. The molecule has 2 aromatic carbocycles. The number of hydrogen-bond donors (Lipinski definition) is 1. The van der Waals surface area contributed by atoms with Gasteiger partial charge in [-0.3, -0.25) is 29.3 Å². The van der Waals surface area contributed by atoms with E-state index in [0.717, 1.165) is 55.2 Å². The zero-order valence-electron chi connectivity index (χ0n) is 19.7. The molecular formula is C27H26ClN5O3. The number of halogens is 1. The van der Waals surface area contributed by atoms with Crippen molar-refractivity contribution in [3.8, 4) is 0 Å². The van der Waals surface area contributed by atoms with Crippen molar-refractivity contribution in [1.82, 2.24) is 19.5 Å². The maximum absolute atomic E-state index is 13.5. The molecule has 3 fully saturated rings. The van der Waals surface area contributed by atoms with Gasteiger partial charge in [0.25, 0.3) is 5.91 Å². The summed E-state index contributed by atoms with van der Waals surface area (Å²) in [4.78, 5) is 39.4. The minimum absolute atomic E-state index is 0.117. The minimum Gasteiger partial charge on any atom is -0.295 e. The standard InChI is InChI=1S/C27H26ClN5O3/c28-31-12-8-17(9-13-31)32-15-16(14-29-32)27(10-11-27)20-4-5-21-24-18(20)2-1-3-19(24)26(36)33(21)22-6-7-23(34)30-25(22)35/h1-5,14-15,17,22H,6-13H2,(H,30,34,35). The highest BCUT2D eigenvalue weighted by Gasteiger charge is 2.49. The van der Waals surface area contributed by atoms with Crippen molar-refractivity contribution in [3.63, 3.8) is 0 Å². The SMILES string of the molecule is O=C1CCC(N2C(=O)c3cccc4c(C5(c6cnn(C7CCN(Cl)CC7)c6)CC5)ccc2c34)C(=O)N1. The number of benzene rings is 2. The van der Waals surface area contributed by atoms with Gasteiger partial charge in [0, 0.05) is 47.6 Å². The Hall–Kier alpha value is -3.23. The van der Waals surface area contributed by atoms with Crippen molar-refractivity contribution >= 4 is 46.0 Å². The van der Waals surface area contributed by atoms with Crippen molar-refractivity contribution in [3.05, 3.63) is 59.4 Å². The highest BCUT2D eigenvalue weighted by atomic mass is 35.5. The molecule has 2 saturated heterocycles. The Morgan fingerprint density at radius 1 is 1.03 bits per heavy atom. The molecule has 0 bridgehead atoms. The smallest absolute Gasteiger partial charge is 0.259 e. The molecule has 8 nitrogen and oxygen atoms in total. The average molecular weight is 504 g/mol. The fourth-order valence-corrected chi connectivity index (χ4v) is 6.58. The Labute approximate surface area is 213 Å². The van der Waals surface area contributed by atoms with Gasteiger partial charge in [-0.25, -0.2) is 4.42 Å². The number of hydrogen-bond acceptors (Lipinski definition) is 5. The van der Waals surface area contributed by atoms with Gasteiger partial charge >= 0.3 is 0 Å². The third-order valence-corrected chi connectivity index (χ3v) is 8.79. The van der Waals surface area contributed by atoms with Crippen LogP contribution in [0.1, 0.15) is 66.1 Å². The van der Waals surface area contributed by atoms with Crippen LogP contribution in [0.15, 0.2) is 42.7 Å². The summed E-state index contributed by atoms with van der Waals surface area (Å²) in [5.41, 5.74) is 3.67. The maximum Gasteiger partial charge on any atom is 0.259 e. The van der Waals surface area contributed by atoms with Gasteiger partial charge in [-0.05, 0) is 67.0 Å². The van der Waals surface area contributed by atoms with E-state index in [0.29, 0.717) is 18.0 Å². The molecule has 36 heavy (non-hydrogen) atoms. The van der Waals surface area contributed by atoms with E-state index in [9.17, 15) is 14.4 Å². The Morgan fingerprint density at radius 2 is 1.83 bits per heavy atom. The van der Waals surface area contributed by atoms with Crippen LogP contribution in [0, 0.1) is 0 Å². The van der Waals surface area contributed by atoms with Gasteiger partial charge in [0.15, 0.2) is 0 Å². The van der Waals surface area contributed by atoms with Gasteiger partial charge in [0.1, 0.15) is 6.04 Å². The van der Waals surface area contributed by atoms with E-state index >= 15 is 0 Å². The van der Waals surface area contributed by atoms with E-state index in [1.807, 2.05) is 28.8 Å². The molecule has 3 aliphatic heterocycles. The molecule has 0 spiro atoms. The van der Waals surface area contributed by atoms with Crippen LogP contribution in [0.3, 0.4) is 0 Å². The number of aromatic nitrogens is 2. The minimum atomic E-state index is -0.677. The molecule has 1 N–H and O–H groups in total. The van der Waals surface area contributed by atoms with Crippen molar-refractivity contribution in [2.75, 3.05) is 18.0 Å². The number of imide groups is 1. The van der Waals surface area contributed by atoms with Crippen LogP contribution >= 0.6 is 11.8 Å². The van der Waals surface area contributed by atoms with Crippen LogP contribution in [-0.4, -0.2) is 51.1 Å². The molecule has 7 rings (SSSR count). The number of nitrogens with one attached hydrogen (secondary N) is 1. The largest absolute Gasteiger partial charge is 0.295 e. The first-order valence-electron chi connectivity index (χ1n) is 12.6. The molecule has 1 aromatic heterocycles. The molecule has 1 aliphatic carbocycles. The number of amides is 3. The summed E-state index contributed by atoms with van der Waals surface area (Å²) in [5.74, 6) is -0.869. The lowest BCUT2D eigenvalue weighted by Crippen LogP contribution is -2.53. The average Bonchev–Trinajstić information content (AvgIpc) is 3.43. The molecule has 1 saturated carbocycles. The van der Waals surface area contributed by atoms with Crippen LogP contribution in [0.5, 0.6) is 0 Å². The molecule has 4 heterocycles. The van der Waals surface area contributed by atoms with Crippen molar-refractivity contribution in [1.29, 1.82) is 0 Å². The molecule has 1 atom stereocenters. The summed E-state index contributed by atoms with van der Waals surface area (Å²) in [6.45, 7) is 1.72. The van der Waals surface area contributed by atoms with E-state index < -0.39 is 11.9 Å². The van der Waals surface area contributed by atoms with Gasteiger partial charge < -0.3 is 0 Å². The fraction of sp³-hybridized carbons (Fsp3) is 0.407. The van der Waals surface area contributed by atoms with Crippen molar-refractivity contribution in [2.45, 2.75) is 56.0 Å². The Balaban J connectivity index is 1.28. The number of carbonyl (C=O) groups is 3. The second-order valence-corrected chi connectivity index (χ2v) is 10.9. The van der Waals surface area contributed by atoms with Gasteiger partial charge in [-0.15, -0.1) is 0 Å². The normalized spacial score (nSPS) is 24.0. The Morgan fingerprint density at radius 3 is 2.58 bits per heavy atom. The van der Waals surface area contributed by atoms with E-state index in [1.165, 1.54) is 11.1 Å². The predicted octanol–water partition coefficient (Wildman–Crippen LogP) is 3.67. The summed E-state index contributed by atoms with van der Waals surface area (Å²) in [6, 6.07) is 9.63. The summed E-state index contributed by atoms with van der Waals surface area (Å²) in [6.07, 6.45) is 8.79. The van der Waals surface area contributed by atoms with E-state index in [4.69, 9.17) is 16.9 Å². The number of carbonyl (C=O) groups excluding carboxylic acids is 3. The Bertz CT molecular complexity index is 1440. The first-order valence-corrected chi connectivity index (χ1v) is 13.0. The first kappa shape index (κ1) is 22.0. The molecule has 9 heteroatoms. The fourth-order valence-electron chi connectivity index (χ4n) is 6.38. The lowest BCUT2D eigenvalue weighted by Gasteiger charge is -2.30. The zero-order chi connectivity index (χ0) is 24.6. The topological polar surface area (TPSA) is 87.5 Å². The molecule has 0 radical (unpaired) electrons. The zero-order valence-corrected chi connectivity index (χ0v) is 20.5. The third-order valence-electron chi connectivity index (χ3n) is 8.45. The summed E-state index contributed by atoms with van der Waals surface area (Å²) < 4.78 is 3.95. The van der Waals surface area contributed by atoms with Gasteiger partial charge in [-0.2, -0.15) is 5.10 Å². The van der Waals surface area contributed by atoms with E-state index in [-0.39, 0.29) is 23.7 Å². The summed E-state index contributed by atoms with van der Waals surface area (Å²) >= 11 is 6.15. The van der Waals surface area contributed by atoms with Crippen LogP contribution < -0.4 is 10.2 Å². The number of anilines is 1. The van der Waals surface area contributed by atoms with Gasteiger partial charge in [-0.1, -0.05) is 18.2 Å². The molecule has 184 valence electrons. The Kier molecular flexibility index (Phi) is 4.82. The van der Waals surface area contributed by atoms with Crippen molar-refractivity contribution < 1.29 is 14.4 Å². The summed E-state index contributed by atoms with van der Waals surface area (Å²) in [7, 11) is 0. The second kappa shape index (κ2) is 7.88. The van der Waals surface area contributed by atoms with Crippen LogP contribution in [0.2, 0.25) is 0 Å². The molecule has 3 amide bonds. The highest BCUT2D eigenvalue weighted by molar-refractivity contribution is 6.27. The third kappa shape index (κ3) is 3.17. The van der Waals surface area contributed by atoms with Crippen LogP contribution in [-0.2, 0) is 15.0 Å². The number of piperidine rings is 2. The summed E-state index contributed by atoms with van der Waals surface area (Å²) in [5, 5.41) is 9.09. The highest BCUT2D eigenvalue weighted by Crippen LogP contribution is 2.57. The number of nitrogens with zero attached hydrogens (tertiary/aromatic N) is 4. The quantitative estimate of drug-likeness (QED) is 0.433.